The number of hydrogen-bond acceptors (Lipinski definition) is 3. The summed E-state index contributed by atoms with van der Waals surface area (Å²) in [4.78, 5) is 11.9. The van der Waals surface area contributed by atoms with Gasteiger partial charge in [-0.3, -0.25) is 0 Å². The fourth-order valence-corrected chi connectivity index (χ4v) is 2.61. The molecular weight excluding hydrogens is 250 g/mol. The number of cyclic esters (lactones) is 1. The maximum atomic E-state index is 11.9. The van der Waals surface area contributed by atoms with Crippen LogP contribution in [0.4, 0.5) is 0 Å². The van der Waals surface area contributed by atoms with E-state index < -0.39 is 5.60 Å². The summed E-state index contributed by atoms with van der Waals surface area (Å²) in [5, 5.41) is 3.37. The van der Waals surface area contributed by atoms with E-state index in [1.54, 1.807) is 0 Å². The Morgan fingerprint density at radius 2 is 1.75 bits per heavy atom. The Balaban J connectivity index is 1.70. The van der Waals surface area contributed by atoms with Gasteiger partial charge < -0.3 is 10.1 Å². The monoisotopic (exact) mass is 267 g/mol. The van der Waals surface area contributed by atoms with Gasteiger partial charge in [-0.1, -0.05) is 48.5 Å². The highest BCUT2D eigenvalue weighted by molar-refractivity contribution is 5.94. The summed E-state index contributed by atoms with van der Waals surface area (Å²) < 4.78 is 5.56. The van der Waals surface area contributed by atoms with Gasteiger partial charge in [0.25, 0.3) is 0 Å². The molecule has 0 amide bonds. The quantitative estimate of drug-likeness (QED) is 0.866. The van der Waals surface area contributed by atoms with E-state index in [1.807, 2.05) is 49.4 Å². The minimum atomic E-state index is -0.581. The second kappa shape index (κ2) is 5.10. The van der Waals surface area contributed by atoms with E-state index in [9.17, 15) is 4.79 Å². The highest BCUT2D eigenvalue weighted by atomic mass is 16.6. The molecule has 3 nitrogen and oxygen atoms in total. The van der Waals surface area contributed by atoms with Crippen molar-refractivity contribution in [3.8, 4) is 0 Å². The van der Waals surface area contributed by atoms with Crippen molar-refractivity contribution in [1.82, 2.24) is 5.32 Å². The van der Waals surface area contributed by atoms with E-state index in [0.717, 1.165) is 12.1 Å². The third-order valence-electron chi connectivity index (χ3n) is 3.67. The van der Waals surface area contributed by atoms with Gasteiger partial charge in [0.15, 0.2) is 0 Å². The van der Waals surface area contributed by atoms with E-state index in [2.05, 4.69) is 17.4 Å². The molecule has 1 N–H and O–H groups in total. The van der Waals surface area contributed by atoms with Crippen molar-refractivity contribution in [3.63, 3.8) is 0 Å². The van der Waals surface area contributed by atoms with Crippen LogP contribution in [0.5, 0.6) is 0 Å². The second-order valence-corrected chi connectivity index (χ2v) is 5.26. The first-order valence-corrected chi connectivity index (χ1v) is 6.76. The molecule has 3 rings (SSSR count). The first-order valence-electron chi connectivity index (χ1n) is 6.76. The average molecular weight is 267 g/mol. The molecular formula is C17H17NO2. The molecule has 1 aliphatic heterocycles. The number of nitrogens with one attached hydrogen (secondary N) is 1. The standard InChI is InChI=1S/C17H17NO2/c1-17(12-18-11-13-7-3-2-4-8-13)15-10-6-5-9-14(15)16(19)20-17/h2-10,18H,11-12H2,1H3. The lowest BCUT2D eigenvalue weighted by atomic mass is 9.94. The summed E-state index contributed by atoms with van der Waals surface area (Å²) in [5.74, 6) is -0.232. The van der Waals surface area contributed by atoms with Crippen molar-refractivity contribution in [3.05, 3.63) is 71.3 Å². The molecule has 3 heteroatoms. The molecule has 2 aromatic carbocycles. The zero-order valence-electron chi connectivity index (χ0n) is 11.4. The third-order valence-corrected chi connectivity index (χ3v) is 3.67. The lowest BCUT2D eigenvalue weighted by molar-refractivity contribution is 0.00128. The van der Waals surface area contributed by atoms with Crippen LogP contribution in [0.2, 0.25) is 0 Å². The number of hydrogen-bond donors (Lipinski definition) is 1. The zero-order chi connectivity index (χ0) is 14.0. The van der Waals surface area contributed by atoms with E-state index in [4.69, 9.17) is 4.74 Å². The van der Waals surface area contributed by atoms with Gasteiger partial charge in [0.2, 0.25) is 0 Å². The van der Waals surface area contributed by atoms with Crippen molar-refractivity contribution in [2.45, 2.75) is 19.1 Å². The highest BCUT2D eigenvalue weighted by Crippen LogP contribution is 2.35. The smallest absolute Gasteiger partial charge is 0.339 e. The second-order valence-electron chi connectivity index (χ2n) is 5.26. The van der Waals surface area contributed by atoms with Crippen molar-refractivity contribution in [2.75, 3.05) is 6.54 Å². The van der Waals surface area contributed by atoms with Crippen LogP contribution in [0.25, 0.3) is 0 Å². The Bertz CT molecular complexity index is 624. The molecule has 1 unspecified atom stereocenters. The van der Waals surface area contributed by atoms with Gasteiger partial charge in [0, 0.05) is 18.7 Å². The van der Waals surface area contributed by atoms with Crippen LogP contribution >= 0.6 is 0 Å². The molecule has 0 aliphatic carbocycles. The summed E-state index contributed by atoms with van der Waals surface area (Å²) in [6.07, 6.45) is 0. The van der Waals surface area contributed by atoms with E-state index in [0.29, 0.717) is 12.1 Å². The summed E-state index contributed by atoms with van der Waals surface area (Å²) >= 11 is 0. The highest BCUT2D eigenvalue weighted by Gasteiger charge is 2.40. The van der Waals surface area contributed by atoms with Gasteiger partial charge in [-0.2, -0.15) is 0 Å². The number of esters is 1. The first kappa shape index (κ1) is 12.9. The van der Waals surface area contributed by atoms with Gasteiger partial charge in [-0.05, 0) is 18.6 Å². The number of ether oxygens (including phenoxy) is 1. The van der Waals surface area contributed by atoms with Crippen LogP contribution in [0.15, 0.2) is 54.6 Å². The van der Waals surface area contributed by atoms with E-state index in [-0.39, 0.29) is 5.97 Å². The van der Waals surface area contributed by atoms with Crippen LogP contribution in [-0.2, 0) is 16.9 Å². The Morgan fingerprint density at radius 3 is 2.55 bits per heavy atom. The normalized spacial score (nSPS) is 20.6. The maximum absolute atomic E-state index is 11.9. The van der Waals surface area contributed by atoms with Crippen LogP contribution in [0.3, 0.4) is 0 Å². The predicted octanol–water partition coefficient (Wildman–Crippen LogP) is 2.86. The van der Waals surface area contributed by atoms with Crippen LogP contribution in [0.1, 0.15) is 28.4 Å². The molecule has 0 spiro atoms. The molecule has 0 radical (unpaired) electrons. The zero-order valence-corrected chi connectivity index (χ0v) is 11.4. The average Bonchev–Trinajstić information content (AvgIpc) is 2.73. The van der Waals surface area contributed by atoms with Gasteiger partial charge >= 0.3 is 5.97 Å². The fraction of sp³-hybridized carbons (Fsp3) is 0.235. The van der Waals surface area contributed by atoms with Crippen molar-refractivity contribution in [1.29, 1.82) is 0 Å². The first-order chi connectivity index (χ1) is 9.69. The molecule has 0 aromatic heterocycles. The van der Waals surface area contributed by atoms with Crippen molar-refractivity contribution in [2.24, 2.45) is 0 Å². The molecule has 0 saturated heterocycles. The molecule has 1 heterocycles. The minimum Gasteiger partial charge on any atom is -0.449 e. The maximum Gasteiger partial charge on any atom is 0.339 e. The van der Waals surface area contributed by atoms with Crippen molar-refractivity contribution < 1.29 is 9.53 Å². The fourth-order valence-electron chi connectivity index (χ4n) is 2.61. The number of carbonyl (C=O) groups excluding carboxylic acids is 1. The summed E-state index contributed by atoms with van der Waals surface area (Å²) in [7, 11) is 0. The van der Waals surface area contributed by atoms with Gasteiger partial charge in [0.05, 0.1) is 5.56 Å². The Labute approximate surface area is 118 Å². The summed E-state index contributed by atoms with van der Waals surface area (Å²) in [6, 6.07) is 17.8. The Kier molecular flexibility index (Phi) is 3.28. The lowest BCUT2D eigenvalue weighted by Gasteiger charge is -2.24. The summed E-state index contributed by atoms with van der Waals surface area (Å²) in [5.41, 5.74) is 2.28. The summed E-state index contributed by atoms with van der Waals surface area (Å²) in [6.45, 7) is 3.32. The molecule has 102 valence electrons. The van der Waals surface area contributed by atoms with Gasteiger partial charge in [-0.15, -0.1) is 0 Å². The van der Waals surface area contributed by atoms with E-state index in [1.165, 1.54) is 5.56 Å². The molecule has 20 heavy (non-hydrogen) atoms. The molecule has 2 aromatic rings. The molecule has 0 bridgehead atoms. The largest absolute Gasteiger partial charge is 0.449 e. The molecule has 0 fully saturated rings. The number of carbonyl (C=O) groups is 1. The third kappa shape index (κ3) is 2.32. The topological polar surface area (TPSA) is 38.3 Å². The van der Waals surface area contributed by atoms with Gasteiger partial charge in [-0.25, -0.2) is 4.79 Å². The molecule has 1 aliphatic rings. The number of rotatable bonds is 4. The van der Waals surface area contributed by atoms with E-state index >= 15 is 0 Å². The van der Waals surface area contributed by atoms with Gasteiger partial charge in [0.1, 0.15) is 5.60 Å². The molecule has 1 atom stereocenters. The molecule has 0 saturated carbocycles. The lowest BCUT2D eigenvalue weighted by Crippen LogP contribution is -2.35. The van der Waals surface area contributed by atoms with Crippen LogP contribution in [-0.4, -0.2) is 12.5 Å². The Morgan fingerprint density at radius 1 is 1.05 bits per heavy atom. The predicted molar refractivity (Wildman–Crippen MR) is 77.4 cm³/mol. The number of benzene rings is 2. The Hall–Kier alpha value is -2.13. The van der Waals surface area contributed by atoms with Crippen LogP contribution in [0, 0.1) is 0 Å². The van der Waals surface area contributed by atoms with Crippen molar-refractivity contribution >= 4 is 5.97 Å². The minimum absolute atomic E-state index is 0.232. The SMILES string of the molecule is CC1(CNCc2ccccc2)OC(=O)c2ccccc21. The van der Waals surface area contributed by atoms with Crippen LogP contribution < -0.4 is 5.32 Å². The number of fused-ring (bicyclic) bond motifs is 1.